The standard InChI is InChI=1S/C11H14O2/c1-11-5-2-3-7(11)8-9(12)6(4-5)10(8)13-11/h5-8,10H,2-4H2,1H3. The highest BCUT2D eigenvalue weighted by Gasteiger charge is 2.72. The third-order valence-electron chi connectivity index (χ3n) is 5.18. The van der Waals surface area contributed by atoms with E-state index in [0.29, 0.717) is 35.6 Å². The maximum absolute atomic E-state index is 11.8. The molecule has 2 aliphatic carbocycles. The summed E-state index contributed by atoms with van der Waals surface area (Å²) in [7, 11) is 0. The first-order chi connectivity index (χ1) is 6.22. The molecule has 0 spiro atoms. The molecule has 2 heterocycles. The summed E-state index contributed by atoms with van der Waals surface area (Å²) in [5, 5.41) is 0. The molecule has 0 radical (unpaired) electrons. The summed E-state index contributed by atoms with van der Waals surface area (Å²) in [6.45, 7) is 2.25. The third-order valence-corrected chi connectivity index (χ3v) is 5.18. The van der Waals surface area contributed by atoms with Crippen LogP contribution in [-0.4, -0.2) is 17.5 Å². The number of hydrogen-bond acceptors (Lipinski definition) is 2. The summed E-state index contributed by atoms with van der Waals surface area (Å²) in [5.74, 6) is 2.40. The minimum atomic E-state index is 0.0952. The van der Waals surface area contributed by atoms with Crippen LogP contribution in [0.5, 0.6) is 0 Å². The number of Topliss-reactive ketones (excluding diaryl/α,β-unsaturated/α-hetero) is 1. The van der Waals surface area contributed by atoms with Gasteiger partial charge in [0.15, 0.2) is 0 Å². The van der Waals surface area contributed by atoms with Crippen LogP contribution in [0, 0.1) is 23.7 Å². The second-order valence-electron chi connectivity index (χ2n) is 5.42. The first-order valence-corrected chi connectivity index (χ1v) is 5.43. The highest BCUT2D eigenvalue weighted by Crippen LogP contribution is 2.66. The Bertz CT molecular complexity index is 311. The van der Waals surface area contributed by atoms with Gasteiger partial charge in [-0.3, -0.25) is 4.79 Å². The van der Waals surface area contributed by atoms with Gasteiger partial charge in [-0.1, -0.05) is 0 Å². The predicted molar refractivity (Wildman–Crippen MR) is 46.1 cm³/mol. The molecule has 2 aliphatic heterocycles. The molecule has 4 aliphatic rings. The molecule has 2 saturated heterocycles. The van der Waals surface area contributed by atoms with Crippen molar-refractivity contribution in [2.75, 3.05) is 0 Å². The van der Waals surface area contributed by atoms with Crippen molar-refractivity contribution in [1.29, 1.82) is 0 Å². The van der Waals surface area contributed by atoms with Gasteiger partial charge < -0.3 is 4.74 Å². The summed E-state index contributed by atoms with van der Waals surface area (Å²) in [5.41, 5.74) is 0.0952. The molecule has 0 N–H and O–H groups in total. The van der Waals surface area contributed by atoms with Crippen LogP contribution in [0.15, 0.2) is 0 Å². The van der Waals surface area contributed by atoms with Gasteiger partial charge in [0.2, 0.25) is 0 Å². The molecular formula is C11H14O2. The van der Waals surface area contributed by atoms with Gasteiger partial charge in [0, 0.05) is 11.8 Å². The summed E-state index contributed by atoms with van der Waals surface area (Å²) in [6.07, 6.45) is 4.00. The van der Waals surface area contributed by atoms with Gasteiger partial charge in [-0.05, 0) is 32.1 Å². The Hall–Kier alpha value is -0.370. The van der Waals surface area contributed by atoms with Crippen molar-refractivity contribution >= 4 is 5.78 Å². The number of fused-ring (bicyclic) bond motifs is 1. The molecule has 4 rings (SSSR count). The van der Waals surface area contributed by atoms with E-state index in [9.17, 15) is 4.79 Å². The van der Waals surface area contributed by atoms with Gasteiger partial charge in [-0.2, -0.15) is 0 Å². The summed E-state index contributed by atoms with van der Waals surface area (Å²) < 4.78 is 6.08. The first-order valence-electron chi connectivity index (χ1n) is 5.43. The average molecular weight is 178 g/mol. The maximum Gasteiger partial charge on any atom is 0.144 e. The van der Waals surface area contributed by atoms with E-state index < -0.39 is 0 Å². The molecule has 0 amide bonds. The minimum absolute atomic E-state index is 0.0952. The Morgan fingerprint density at radius 3 is 3.15 bits per heavy atom. The number of carbonyl (C=O) groups excluding carboxylic acids is 1. The van der Waals surface area contributed by atoms with Gasteiger partial charge in [-0.25, -0.2) is 0 Å². The van der Waals surface area contributed by atoms with E-state index in [2.05, 4.69) is 6.92 Å². The zero-order chi connectivity index (χ0) is 8.79. The maximum atomic E-state index is 11.8. The van der Waals surface area contributed by atoms with Crippen molar-refractivity contribution in [3.8, 4) is 0 Å². The zero-order valence-corrected chi connectivity index (χ0v) is 7.82. The van der Waals surface area contributed by atoms with Crippen LogP contribution in [0.2, 0.25) is 0 Å². The lowest BCUT2D eigenvalue weighted by Gasteiger charge is -2.44. The molecule has 2 saturated carbocycles. The Labute approximate surface area is 77.6 Å². The summed E-state index contributed by atoms with van der Waals surface area (Å²) in [6, 6.07) is 0. The molecule has 2 nitrogen and oxygen atoms in total. The van der Waals surface area contributed by atoms with Gasteiger partial charge in [0.1, 0.15) is 5.78 Å². The number of ketones is 1. The fourth-order valence-electron chi connectivity index (χ4n) is 4.46. The molecule has 6 atom stereocenters. The Morgan fingerprint density at radius 2 is 2.31 bits per heavy atom. The second-order valence-corrected chi connectivity index (χ2v) is 5.42. The SMILES string of the molecule is CC12OC3C4CC1CCC2C3C4=O. The molecule has 0 aromatic heterocycles. The van der Waals surface area contributed by atoms with Crippen molar-refractivity contribution < 1.29 is 9.53 Å². The average Bonchev–Trinajstić information content (AvgIpc) is 2.43. The predicted octanol–water partition coefficient (Wildman–Crippen LogP) is 1.39. The summed E-state index contributed by atoms with van der Waals surface area (Å²) in [4.78, 5) is 11.8. The Morgan fingerprint density at radius 1 is 1.46 bits per heavy atom. The van der Waals surface area contributed by atoms with E-state index in [-0.39, 0.29) is 5.60 Å². The number of rotatable bonds is 0. The number of carbonyl (C=O) groups is 1. The lowest BCUT2D eigenvalue weighted by atomic mass is 9.65. The van der Waals surface area contributed by atoms with Gasteiger partial charge in [0.25, 0.3) is 0 Å². The highest BCUT2D eigenvalue weighted by molar-refractivity contribution is 5.92. The van der Waals surface area contributed by atoms with Crippen molar-refractivity contribution in [2.45, 2.75) is 37.9 Å². The Balaban J connectivity index is 1.91. The fourth-order valence-corrected chi connectivity index (χ4v) is 4.46. The molecule has 0 aromatic carbocycles. The second kappa shape index (κ2) is 1.72. The van der Waals surface area contributed by atoms with Crippen LogP contribution < -0.4 is 0 Å². The van der Waals surface area contributed by atoms with Crippen molar-refractivity contribution in [1.82, 2.24) is 0 Å². The molecule has 70 valence electrons. The van der Waals surface area contributed by atoms with Gasteiger partial charge >= 0.3 is 0 Å². The monoisotopic (exact) mass is 178 g/mol. The number of ether oxygens (including phenoxy) is 1. The topological polar surface area (TPSA) is 26.3 Å². The van der Waals surface area contributed by atoms with Crippen LogP contribution in [0.3, 0.4) is 0 Å². The molecule has 13 heavy (non-hydrogen) atoms. The van der Waals surface area contributed by atoms with Crippen molar-refractivity contribution in [2.24, 2.45) is 23.7 Å². The minimum Gasteiger partial charge on any atom is -0.370 e. The molecule has 4 fully saturated rings. The van der Waals surface area contributed by atoms with E-state index in [1.165, 1.54) is 12.8 Å². The van der Waals surface area contributed by atoms with Crippen LogP contribution in [-0.2, 0) is 9.53 Å². The largest absolute Gasteiger partial charge is 0.370 e. The lowest BCUT2D eigenvalue weighted by Crippen LogP contribution is -2.54. The van der Waals surface area contributed by atoms with E-state index in [0.717, 1.165) is 6.42 Å². The molecular weight excluding hydrogens is 164 g/mol. The van der Waals surface area contributed by atoms with Gasteiger partial charge in [-0.15, -0.1) is 0 Å². The highest BCUT2D eigenvalue weighted by atomic mass is 16.5. The van der Waals surface area contributed by atoms with Crippen molar-refractivity contribution in [3.63, 3.8) is 0 Å². The van der Waals surface area contributed by atoms with Crippen LogP contribution >= 0.6 is 0 Å². The normalized spacial score (nSPS) is 66.8. The summed E-state index contributed by atoms with van der Waals surface area (Å²) >= 11 is 0. The van der Waals surface area contributed by atoms with Crippen LogP contribution in [0.25, 0.3) is 0 Å². The molecule has 2 bridgehead atoms. The van der Waals surface area contributed by atoms with Crippen LogP contribution in [0.1, 0.15) is 26.2 Å². The smallest absolute Gasteiger partial charge is 0.144 e. The molecule has 2 heteroatoms. The zero-order valence-electron chi connectivity index (χ0n) is 7.82. The Kier molecular flexibility index (Phi) is 0.926. The first kappa shape index (κ1) is 6.99. The lowest BCUT2D eigenvalue weighted by molar-refractivity contribution is -0.174. The molecule has 0 aromatic rings. The number of hydrogen-bond donors (Lipinski definition) is 0. The third kappa shape index (κ3) is 0.518. The quantitative estimate of drug-likeness (QED) is 0.560. The molecule has 6 unspecified atom stereocenters. The van der Waals surface area contributed by atoms with Crippen LogP contribution in [0.4, 0.5) is 0 Å². The fraction of sp³-hybridized carbons (Fsp3) is 0.909. The van der Waals surface area contributed by atoms with E-state index in [4.69, 9.17) is 4.74 Å². The van der Waals surface area contributed by atoms with E-state index in [1.807, 2.05) is 0 Å². The van der Waals surface area contributed by atoms with Gasteiger partial charge in [0.05, 0.1) is 17.6 Å². The van der Waals surface area contributed by atoms with E-state index >= 15 is 0 Å². The van der Waals surface area contributed by atoms with Crippen molar-refractivity contribution in [3.05, 3.63) is 0 Å². The van der Waals surface area contributed by atoms with E-state index in [1.54, 1.807) is 0 Å².